The topological polar surface area (TPSA) is 107 Å². The van der Waals surface area contributed by atoms with Crippen LogP contribution >= 0.6 is 0 Å². The van der Waals surface area contributed by atoms with E-state index in [2.05, 4.69) is 5.32 Å². The van der Waals surface area contributed by atoms with Crippen molar-refractivity contribution in [2.75, 3.05) is 6.54 Å². The number of carboxylic acids is 1. The standard InChI is InChI=1S/C12H15NO5/c1-7-6-8(14)2-3-9(7)11(16)13-5-4-10(15)12(17)18/h2-3,6,10,14-15H,4-5H2,1H3,(H,13,16)(H,17,18)/t10-/m0/s1. The monoisotopic (exact) mass is 253 g/mol. The summed E-state index contributed by atoms with van der Waals surface area (Å²) in [5, 5.41) is 29.2. The van der Waals surface area contributed by atoms with Gasteiger partial charge in [0.2, 0.25) is 0 Å². The summed E-state index contributed by atoms with van der Waals surface area (Å²) in [5.41, 5.74) is 1.02. The number of carbonyl (C=O) groups excluding carboxylic acids is 1. The summed E-state index contributed by atoms with van der Waals surface area (Å²) in [6, 6.07) is 4.34. The maximum atomic E-state index is 11.7. The van der Waals surface area contributed by atoms with Crippen molar-refractivity contribution < 1.29 is 24.9 Å². The highest BCUT2D eigenvalue weighted by Crippen LogP contribution is 2.15. The Hall–Kier alpha value is -2.08. The lowest BCUT2D eigenvalue weighted by Gasteiger charge is -2.09. The third kappa shape index (κ3) is 3.74. The van der Waals surface area contributed by atoms with E-state index in [9.17, 15) is 14.7 Å². The van der Waals surface area contributed by atoms with Crippen molar-refractivity contribution in [2.45, 2.75) is 19.4 Å². The second kappa shape index (κ2) is 6.02. The molecule has 0 saturated heterocycles. The number of rotatable bonds is 5. The number of hydrogen-bond acceptors (Lipinski definition) is 4. The number of carboxylic acid groups (broad SMARTS) is 1. The zero-order chi connectivity index (χ0) is 13.7. The number of aliphatic hydroxyl groups is 1. The zero-order valence-electron chi connectivity index (χ0n) is 9.88. The largest absolute Gasteiger partial charge is 0.508 e. The average Bonchev–Trinajstić information content (AvgIpc) is 2.28. The first-order chi connectivity index (χ1) is 8.41. The van der Waals surface area contributed by atoms with Crippen LogP contribution in [0.5, 0.6) is 5.75 Å². The molecule has 18 heavy (non-hydrogen) atoms. The van der Waals surface area contributed by atoms with Crippen LogP contribution in [-0.4, -0.2) is 39.8 Å². The van der Waals surface area contributed by atoms with Gasteiger partial charge < -0.3 is 20.6 Å². The van der Waals surface area contributed by atoms with Gasteiger partial charge in [-0.25, -0.2) is 4.79 Å². The number of aromatic hydroxyl groups is 1. The van der Waals surface area contributed by atoms with E-state index >= 15 is 0 Å². The molecule has 0 aliphatic heterocycles. The van der Waals surface area contributed by atoms with Crippen LogP contribution in [-0.2, 0) is 4.79 Å². The van der Waals surface area contributed by atoms with Gasteiger partial charge >= 0.3 is 5.97 Å². The number of aryl methyl sites for hydroxylation is 1. The Bertz CT molecular complexity index is 458. The van der Waals surface area contributed by atoms with Gasteiger partial charge in [-0.3, -0.25) is 4.79 Å². The van der Waals surface area contributed by atoms with E-state index in [0.29, 0.717) is 11.1 Å². The number of phenolic OH excluding ortho intramolecular Hbond substituents is 1. The van der Waals surface area contributed by atoms with Crippen LogP contribution in [0.1, 0.15) is 22.3 Å². The molecular weight excluding hydrogens is 238 g/mol. The number of nitrogens with one attached hydrogen (secondary N) is 1. The quantitative estimate of drug-likeness (QED) is 0.602. The first-order valence-electron chi connectivity index (χ1n) is 5.40. The second-order valence-corrected chi connectivity index (χ2v) is 3.90. The van der Waals surface area contributed by atoms with Crippen LogP contribution in [0.25, 0.3) is 0 Å². The number of carbonyl (C=O) groups is 2. The fourth-order valence-corrected chi connectivity index (χ4v) is 1.44. The molecule has 0 unspecified atom stereocenters. The summed E-state index contributed by atoms with van der Waals surface area (Å²) in [4.78, 5) is 22.1. The van der Waals surface area contributed by atoms with Gasteiger partial charge in [-0.05, 0) is 30.7 Å². The van der Waals surface area contributed by atoms with Gasteiger partial charge in [0.15, 0.2) is 6.10 Å². The number of phenols is 1. The lowest BCUT2D eigenvalue weighted by molar-refractivity contribution is -0.146. The highest BCUT2D eigenvalue weighted by molar-refractivity contribution is 5.95. The van der Waals surface area contributed by atoms with Crippen LogP contribution in [0, 0.1) is 6.92 Å². The molecule has 0 bridgehead atoms. The van der Waals surface area contributed by atoms with Crippen molar-refractivity contribution in [2.24, 2.45) is 0 Å². The van der Waals surface area contributed by atoms with Crippen LogP contribution in [0.2, 0.25) is 0 Å². The Kier molecular flexibility index (Phi) is 4.67. The highest BCUT2D eigenvalue weighted by atomic mass is 16.4. The average molecular weight is 253 g/mol. The molecule has 6 nitrogen and oxygen atoms in total. The Morgan fingerprint density at radius 3 is 2.61 bits per heavy atom. The predicted octanol–water partition coefficient (Wildman–Crippen LogP) is 0.266. The van der Waals surface area contributed by atoms with Crippen molar-refractivity contribution in [3.05, 3.63) is 29.3 Å². The van der Waals surface area contributed by atoms with E-state index in [-0.39, 0.29) is 24.6 Å². The van der Waals surface area contributed by atoms with Crippen LogP contribution in [0.4, 0.5) is 0 Å². The maximum absolute atomic E-state index is 11.7. The van der Waals surface area contributed by atoms with Gasteiger partial charge in [0, 0.05) is 18.5 Å². The fraction of sp³-hybridized carbons (Fsp3) is 0.333. The van der Waals surface area contributed by atoms with Gasteiger partial charge in [-0.2, -0.15) is 0 Å². The van der Waals surface area contributed by atoms with Gasteiger partial charge in [0.25, 0.3) is 5.91 Å². The fourth-order valence-electron chi connectivity index (χ4n) is 1.44. The number of aliphatic carboxylic acids is 1. The molecular formula is C12H15NO5. The molecule has 1 amide bonds. The van der Waals surface area contributed by atoms with E-state index < -0.39 is 12.1 Å². The third-order valence-corrected chi connectivity index (χ3v) is 2.44. The van der Waals surface area contributed by atoms with Crippen molar-refractivity contribution in [3.63, 3.8) is 0 Å². The van der Waals surface area contributed by atoms with Crippen molar-refractivity contribution in [1.82, 2.24) is 5.32 Å². The summed E-state index contributed by atoms with van der Waals surface area (Å²) < 4.78 is 0. The highest BCUT2D eigenvalue weighted by Gasteiger charge is 2.14. The van der Waals surface area contributed by atoms with Gasteiger partial charge in [0.05, 0.1) is 0 Å². The molecule has 1 aromatic carbocycles. The van der Waals surface area contributed by atoms with E-state index in [4.69, 9.17) is 10.2 Å². The maximum Gasteiger partial charge on any atom is 0.332 e. The minimum Gasteiger partial charge on any atom is -0.508 e. The smallest absolute Gasteiger partial charge is 0.332 e. The first-order valence-corrected chi connectivity index (χ1v) is 5.40. The predicted molar refractivity (Wildman–Crippen MR) is 63.4 cm³/mol. The van der Waals surface area contributed by atoms with Crippen LogP contribution in [0.3, 0.4) is 0 Å². The van der Waals surface area contributed by atoms with E-state index in [1.54, 1.807) is 6.92 Å². The first kappa shape index (κ1) is 14.0. The molecule has 6 heteroatoms. The second-order valence-electron chi connectivity index (χ2n) is 3.90. The number of hydrogen-bond donors (Lipinski definition) is 4. The number of benzene rings is 1. The molecule has 4 N–H and O–H groups in total. The summed E-state index contributed by atoms with van der Waals surface area (Å²) in [5.74, 6) is -1.61. The van der Waals surface area contributed by atoms with Crippen LogP contribution < -0.4 is 5.32 Å². The summed E-state index contributed by atoms with van der Waals surface area (Å²) in [6.45, 7) is 1.74. The minimum atomic E-state index is -1.48. The lowest BCUT2D eigenvalue weighted by atomic mass is 10.1. The summed E-state index contributed by atoms with van der Waals surface area (Å²) >= 11 is 0. The molecule has 0 fully saturated rings. The summed E-state index contributed by atoms with van der Waals surface area (Å²) in [7, 11) is 0. The Balaban J connectivity index is 2.53. The van der Waals surface area contributed by atoms with Gasteiger partial charge in [0.1, 0.15) is 5.75 Å². The SMILES string of the molecule is Cc1cc(O)ccc1C(=O)NCC[C@H](O)C(=O)O. The number of amides is 1. The Labute approximate surface area is 104 Å². The van der Waals surface area contributed by atoms with Gasteiger partial charge in [-0.15, -0.1) is 0 Å². The Morgan fingerprint density at radius 2 is 2.06 bits per heavy atom. The van der Waals surface area contributed by atoms with E-state index in [1.165, 1.54) is 18.2 Å². The van der Waals surface area contributed by atoms with E-state index in [1.807, 2.05) is 0 Å². The van der Waals surface area contributed by atoms with Crippen molar-refractivity contribution in [3.8, 4) is 5.75 Å². The molecule has 1 aromatic rings. The van der Waals surface area contributed by atoms with Crippen LogP contribution in [0.15, 0.2) is 18.2 Å². The third-order valence-electron chi connectivity index (χ3n) is 2.44. The van der Waals surface area contributed by atoms with Gasteiger partial charge in [-0.1, -0.05) is 0 Å². The molecule has 0 aromatic heterocycles. The molecule has 1 atom stereocenters. The van der Waals surface area contributed by atoms with Crippen molar-refractivity contribution >= 4 is 11.9 Å². The Morgan fingerprint density at radius 1 is 1.39 bits per heavy atom. The van der Waals surface area contributed by atoms with Crippen molar-refractivity contribution in [1.29, 1.82) is 0 Å². The number of aliphatic hydroxyl groups excluding tert-OH is 1. The summed E-state index contributed by atoms with van der Waals surface area (Å²) in [6.07, 6.45) is -1.54. The zero-order valence-corrected chi connectivity index (χ0v) is 9.88. The van der Waals surface area contributed by atoms with E-state index in [0.717, 1.165) is 0 Å². The molecule has 0 aliphatic carbocycles. The molecule has 1 rings (SSSR count). The normalized spacial score (nSPS) is 11.9. The molecule has 0 heterocycles. The minimum absolute atomic E-state index is 0.0573. The molecule has 0 aliphatic rings. The molecule has 0 saturated carbocycles. The lowest BCUT2D eigenvalue weighted by Crippen LogP contribution is -2.30. The molecule has 98 valence electrons. The molecule has 0 spiro atoms. The molecule has 0 radical (unpaired) electrons.